The fraction of sp³-hybridized carbons (Fsp3) is 0.613. The second-order valence-electron chi connectivity index (χ2n) is 32.0. The second kappa shape index (κ2) is 56.2. The van der Waals surface area contributed by atoms with Gasteiger partial charge in [0, 0.05) is 83.0 Å². The molecule has 0 fully saturated rings. The highest BCUT2D eigenvalue weighted by Gasteiger charge is 2.30. The van der Waals surface area contributed by atoms with E-state index in [4.69, 9.17) is 28.4 Å². The summed E-state index contributed by atoms with van der Waals surface area (Å²) in [6.07, 6.45) is 51.3. The topological polar surface area (TPSA) is 218 Å². The molecule has 3 rings (SSSR count). The Morgan fingerprint density at radius 2 is 0.755 bits per heavy atom. The average molecular weight is 1530 g/mol. The van der Waals surface area contributed by atoms with Gasteiger partial charge in [0.1, 0.15) is 0 Å². The van der Waals surface area contributed by atoms with Crippen molar-refractivity contribution in [3.8, 4) is 0 Å². The van der Waals surface area contributed by atoms with E-state index in [0.29, 0.717) is 156 Å². The van der Waals surface area contributed by atoms with Crippen LogP contribution in [0.15, 0.2) is 176 Å². The molecule has 0 unspecified atom stereocenters. The van der Waals surface area contributed by atoms with Crippen molar-refractivity contribution in [1.82, 2.24) is 26.6 Å². The van der Waals surface area contributed by atoms with E-state index in [1.165, 1.54) is 71.6 Å². The Labute approximate surface area is 664 Å². The number of hydrogen-bond donors (Lipinski definition) is 5. The summed E-state index contributed by atoms with van der Waals surface area (Å²) in [5.74, 6) is -2.19. The van der Waals surface area contributed by atoms with Gasteiger partial charge >= 0.3 is 0 Å². The van der Waals surface area contributed by atoms with Crippen molar-refractivity contribution in [2.45, 2.75) is 245 Å². The van der Waals surface area contributed by atoms with E-state index in [9.17, 15) is 28.8 Å². The molecule has 3 aliphatic carbocycles. The minimum atomic E-state index is -0.907. The quantitative estimate of drug-likeness (QED) is 0.0218. The van der Waals surface area contributed by atoms with Gasteiger partial charge in [-0.1, -0.05) is 179 Å². The Bertz CT molecular complexity index is 3350. The fourth-order valence-corrected chi connectivity index (χ4v) is 13.8. The van der Waals surface area contributed by atoms with Crippen molar-refractivity contribution in [1.29, 1.82) is 0 Å². The van der Waals surface area contributed by atoms with Crippen LogP contribution in [0.25, 0.3) is 0 Å². The Balaban J connectivity index is 1.67. The lowest BCUT2D eigenvalue weighted by Gasteiger charge is -2.33. The number of hydrogen-bond acceptors (Lipinski definition) is 12. The number of allylic oxidation sites excluding steroid dienone is 27. The van der Waals surface area contributed by atoms with E-state index in [1.807, 2.05) is 75.5 Å². The largest absolute Gasteiger partial charge is 0.379 e. The molecule has 2 atom stereocenters. The van der Waals surface area contributed by atoms with Gasteiger partial charge in [0.15, 0.2) is 5.78 Å². The molecule has 0 aromatic rings. The highest BCUT2D eigenvalue weighted by atomic mass is 16.5. The number of carbonyl (C=O) groups excluding carboxylic acids is 6. The van der Waals surface area contributed by atoms with Crippen LogP contribution in [0.1, 0.15) is 239 Å². The van der Waals surface area contributed by atoms with E-state index in [0.717, 1.165) is 66.6 Å². The third-order valence-corrected chi connectivity index (χ3v) is 20.3. The van der Waals surface area contributed by atoms with Gasteiger partial charge in [-0.3, -0.25) is 28.8 Å². The van der Waals surface area contributed by atoms with Crippen LogP contribution in [0.5, 0.6) is 0 Å². The van der Waals surface area contributed by atoms with Gasteiger partial charge in [-0.25, -0.2) is 0 Å². The predicted molar refractivity (Wildman–Crippen MR) is 452 cm³/mol. The summed E-state index contributed by atoms with van der Waals surface area (Å²) in [5, 5.41) is 14.9. The van der Waals surface area contributed by atoms with Gasteiger partial charge in [0.05, 0.1) is 65.5 Å². The Morgan fingerprint density at radius 1 is 0.400 bits per heavy atom. The first-order valence-electron chi connectivity index (χ1n) is 41.2. The smallest absolute Gasteiger partial charge is 0.244 e. The second-order valence-corrected chi connectivity index (χ2v) is 32.0. The molecule has 0 aromatic carbocycles. The van der Waals surface area contributed by atoms with Gasteiger partial charge in [-0.15, -0.1) is 0 Å². The summed E-state index contributed by atoms with van der Waals surface area (Å²) in [6.45, 7) is 41.5. The Kier molecular flexibility index (Phi) is 49.6. The first kappa shape index (κ1) is 97.1. The summed E-state index contributed by atoms with van der Waals surface area (Å²) in [5.41, 5.74) is 14.6. The number of amides is 5. The Hall–Kier alpha value is -7.12. The lowest BCUT2D eigenvalue weighted by atomic mass is 9.72. The molecular formula is C93H145N5O12. The Morgan fingerprint density at radius 3 is 1.15 bits per heavy atom. The molecule has 3 aliphatic rings. The fourth-order valence-electron chi connectivity index (χ4n) is 13.8. The van der Waals surface area contributed by atoms with Crippen molar-refractivity contribution >= 4 is 35.3 Å². The van der Waals surface area contributed by atoms with Gasteiger partial charge in [0.25, 0.3) is 0 Å². The zero-order valence-corrected chi connectivity index (χ0v) is 70.9. The van der Waals surface area contributed by atoms with Crippen molar-refractivity contribution < 1.29 is 57.2 Å². The summed E-state index contributed by atoms with van der Waals surface area (Å²) in [7, 11) is 0. The average Bonchev–Trinajstić information content (AvgIpc) is 0.835. The first-order chi connectivity index (χ1) is 52.5. The molecule has 110 heavy (non-hydrogen) atoms. The maximum absolute atomic E-state index is 14.7. The molecule has 0 heterocycles. The van der Waals surface area contributed by atoms with E-state index in [2.05, 4.69) is 153 Å². The predicted octanol–water partition coefficient (Wildman–Crippen LogP) is 18.1. The van der Waals surface area contributed by atoms with Crippen molar-refractivity contribution in [2.24, 2.45) is 22.2 Å². The van der Waals surface area contributed by atoms with Crippen molar-refractivity contribution in [3.05, 3.63) is 176 Å². The molecule has 17 nitrogen and oxygen atoms in total. The summed E-state index contributed by atoms with van der Waals surface area (Å²) < 4.78 is 33.5. The van der Waals surface area contributed by atoms with Crippen LogP contribution < -0.4 is 26.6 Å². The van der Waals surface area contributed by atoms with Crippen LogP contribution in [0.4, 0.5) is 0 Å². The lowest BCUT2D eigenvalue weighted by molar-refractivity contribution is -0.131. The monoisotopic (exact) mass is 1520 g/mol. The van der Waals surface area contributed by atoms with E-state index in [1.54, 1.807) is 12.2 Å². The molecular weight excluding hydrogens is 1380 g/mol. The van der Waals surface area contributed by atoms with Crippen LogP contribution in [-0.2, 0) is 57.2 Å². The lowest BCUT2D eigenvalue weighted by Crippen LogP contribution is -2.42. The molecule has 0 radical (unpaired) electrons. The zero-order valence-electron chi connectivity index (χ0n) is 70.9. The molecule has 0 saturated carbocycles. The number of ketones is 1. The molecule has 5 N–H and O–H groups in total. The normalized spacial score (nSPS) is 17.6. The number of nitrogens with one attached hydrogen (secondary N) is 5. The maximum Gasteiger partial charge on any atom is 0.244 e. The molecule has 0 aromatic heterocycles. The molecule has 0 bridgehead atoms. The third kappa shape index (κ3) is 44.2. The molecule has 614 valence electrons. The highest BCUT2D eigenvalue weighted by molar-refractivity contribution is 5.96. The summed E-state index contributed by atoms with van der Waals surface area (Å²) >= 11 is 0. The SMILES string of the molecule is CCCOCCOCCOCCC(=O)NCCCOCCOCCOCCCNC(=O)[C@@H](CCCCNC(=O)/C=C(C)/C=C/C=C(C)/C=C/C1=C(C)CCCC1(C)C)CC(=O)[C@@H](CCCCNC(=O)/C=C(C)/C=C/C=C(C)/C=C/C1=C(C)CCCC1(C)C)NC(=O)/C=C(C)/C=C/C=C(C)/C=C/C1=C(C)CCCC1(C)C. The van der Waals surface area contributed by atoms with Gasteiger partial charge in [-0.2, -0.15) is 0 Å². The number of Topliss-reactive ketones (excluding diaryl/α,β-unsaturated/α-hetero) is 1. The van der Waals surface area contributed by atoms with Gasteiger partial charge < -0.3 is 55.0 Å². The minimum Gasteiger partial charge on any atom is -0.379 e. The van der Waals surface area contributed by atoms with Gasteiger partial charge in [0.2, 0.25) is 29.5 Å². The first-order valence-corrected chi connectivity index (χ1v) is 41.2. The van der Waals surface area contributed by atoms with Gasteiger partial charge in [-0.05, 0) is 221 Å². The summed E-state index contributed by atoms with van der Waals surface area (Å²) in [4.78, 5) is 81.2. The maximum atomic E-state index is 14.7. The van der Waals surface area contributed by atoms with Crippen LogP contribution in [0.3, 0.4) is 0 Å². The third-order valence-electron chi connectivity index (χ3n) is 20.3. The molecule has 17 heteroatoms. The molecule has 5 amide bonds. The number of ether oxygens (including phenoxy) is 6. The minimum absolute atomic E-state index is 0.0732. The zero-order chi connectivity index (χ0) is 81.0. The molecule has 0 aliphatic heterocycles. The van der Waals surface area contributed by atoms with Crippen molar-refractivity contribution in [3.63, 3.8) is 0 Å². The van der Waals surface area contributed by atoms with E-state index >= 15 is 0 Å². The molecule has 0 spiro atoms. The molecule has 0 saturated heterocycles. The van der Waals surface area contributed by atoms with Crippen molar-refractivity contribution in [2.75, 3.05) is 105 Å². The highest BCUT2D eigenvalue weighted by Crippen LogP contribution is 2.43. The number of carbonyl (C=O) groups is 6. The number of unbranched alkanes of at least 4 members (excludes halogenated alkanes) is 2. The van der Waals surface area contributed by atoms with E-state index < -0.39 is 17.9 Å². The standard InChI is InChI=1S/C93H145N5O12/c1-17-55-105-59-63-109-66-62-108-58-47-86(100)94-53-28-56-106-60-64-110-65-61-107-57-29-54-97-90(104)80(39-18-20-51-95-87(101)67-74(5)33-22-30-71(2)41-44-81-77(8)36-25-48-91(81,11)12)70-85(99)84(98-89(103)69-76(7)35-24-32-73(4)43-46-83-79(10)38-27-50-93(83,15)16)40-19-21-52-96-88(102)68-75(6)34-23-31-72(3)42-45-82-78(9)37-26-49-92(82,13)14/h22-24,30-35,41-46,67-69,80,84H,17-21,25-29,36-40,47-66,70H2,1-16H3,(H,94,100)(H,95,101)(H,96,102)(H,97,104)(H,98,103)/b33-22+,34-23+,35-24+,44-41+,45-42+,46-43+,71-30+,72-31+,73-32+,74-67+,75-68+,76-69+/t80-,84+/m0/s1. The number of rotatable bonds is 55. The van der Waals surface area contributed by atoms with Crippen LogP contribution >= 0.6 is 0 Å². The van der Waals surface area contributed by atoms with Crippen LogP contribution in [-0.4, -0.2) is 147 Å². The summed E-state index contributed by atoms with van der Waals surface area (Å²) in [6, 6.07) is -0.907. The van der Waals surface area contributed by atoms with E-state index in [-0.39, 0.29) is 58.5 Å². The van der Waals surface area contributed by atoms with Crippen LogP contribution in [0, 0.1) is 22.2 Å². The van der Waals surface area contributed by atoms with Crippen LogP contribution in [0.2, 0.25) is 0 Å².